The number of rotatable bonds is 20. The van der Waals surface area contributed by atoms with Crippen LogP contribution < -0.4 is 0 Å². The summed E-state index contributed by atoms with van der Waals surface area (Å²) in [6, 6.07) is 8.75. The summed E-state index contributed by atoms with van der Waals surface area (Å²) >= 11 is 0. The van der Waals surface area contributed by atoms with Gasteiger partial charge in [0, 0.05) is 23.2 Å². The number of hydrogen-bond donors (Lipinski definition) is 2. The number of nitrogens with one attached hydrogen (secondary N) is 2. The summed E-state index contributed by atoms with van der Waals surface area (Å²) in [7, 11) is 0. The largest absolute Gasteiger partial charge is 0.492 e. The molecule has 0 atom stereocenters. The number of H-pyrrole nitrogens is 2. The van der Waals surface area contributed by atoms with Crippen molar-refractivity contribution in [1.29, 1.82) is 0 Å². The molecule has 0 aliphatic carbocycles. The summed E-state index contributed by atoms with van der Waals surface area (Å²) in [4.78, 5) is 12.1. The molecular weight excluding hydrogens is 454 g/mol. The topological polar surface area (TPSA) is 53.2 Å². The molecule has 0 saturated heterocycles. The van der Waals surface area contributed by atoms with E-state index >= 15 is 0 Å². The Morgan fingerprint density at radius 1 is 0.676 bits per heavy atom. The highest BCUT2D eigenvalue weighted by Gasteiger charge is 2.18. The van der Waals surface area contributed by atoms with Crippen molar-refractivity contribution in [3.63, 3.8) is 0 Å². The highest BCUT2D eigenvalue weighted by molar-refractivity contribution is 6.11. The molecular formula is C33H51N3O. The van der Waals surface area contributed by atoms with Crippen LogP contribution in [0.25, 0.3) is 6.08 Å². The molecule has 2 aromatic heterocycles. The molecule has 0 fully saturated rings. The summed E-state index contributed by atoms with van der Waals surface area (Å²) in [5, 5.41) is 0. The van der Waals surface area contributed by atoms with E-state index in [1.54, 1.807) is 0 Å². The van der Waals surface area contributed by atoms with E-state index in [-0.39, 0.29) is 0 Å². The zero-order valence-electron chi connectivity index (χ0n) is 23.8. The first kappa shape index (κ1) is 29.1. The first-order valence-corrected chi connectivity index (χ1v) is 15.2. The maximum atomic E-state index is 5.94. The van der Waals surface area contributed by atoms with Gasteiger partial charge < -0.3 is 14.7 Å². The minimum Gasteiger partial charge on any atom is -0.492 e. The fourth-order valence-electron chi connectivity index (χ4n) is 5.04. The molecule has 0 bridgehead atoms. The van der Waals surface area contributed by atoms with E-state index in [4.69, 9.17) is 9.73 Å². The molecule has 2 N–H and O–H groups in total. The van der Waals surface area contributed by atoms with Crippen molar-refractivity contribution in [2.24, 2.45) is 4.99 Å². The molecule has 1 aliphatic heterocycles. The van der Waals surface area contributed by atoms with Crippen LogP contribution in [-0.2, 0) is 17.6 Å². The average Bonchev–Trinajstić information content (AvgIpc) is 3.64. The third-order valence-corrected chi connectivity index (χ3v) is 7.24. The number of allylic oxidation sites excluding steroid dienone is 1. The van der Waals surface area contributed by atoms with E-state index in [1.807, 2.05) is 6.92 Å². The van der Waals surface area contributed by atoms with Crippen LogP contribution in [0, 0.1) is 0 Å². The van der Waals surface area contributed by atoms with Crippen molar-refractivity contribution >= 4 is 11.8 Å². The summed E-state index contributed by atoms with van der Waals surface area (Å²) in [5.41, 5.74) is 6.62. The standard InChI is InChI=1S/C33H51N3O/c1-4-7-9-11-12-13-14-16-18-19-27-21-22-29(34-27)25-32-33(37-6-3)26-31(36-32)30-24-23-28(35-30)20-17-15-10-8-5-2/h21-26,34-35H,4-20H2,1-3H3/b32-25-. The normalized spacial score (nSPS) is 14.4. The van der Waals surface area contributed by atoms with Gasteiger partial charge in [-0.2, -0.15) is 0 Å². The molecule has 0 saturated carbocycles. The van der Waals surface area contributed by atoms with Gasteiger partial charge in [0.15, 0.2) is 0 Å². The average molecular weight is 506 g/mol. The second-order valence-electron chi connectivity index (χ2n) is 10.5. The highest BCUT2D eigenvalue weighted by Crippen LogP contribution is 2.26. The quantitative estimate of drug-likeness (QED) is 0.173. The minimum absolute atomic E-state index is 0.633. The van der Waals surface area contributed by atoms with Crippen LogP contribution in [0.5, 0.6) is 0 Å². The number of nitrogens with zero attached hydrogens (tertiary/aromatic N) is 1. The van der Waals surface area contributed by atoms with Crippen molar-refractivity contribution < 1.29 is 4.74 Å². The first-order chi connectivity index (χ1) is 18.2. The number of aliphatic imine (C=N–C) groups is 1. The number of ether oxygens (including phenoxy) is 1. The first-order valence-electron chi connectivity index (χ1n) is 15.2. The molecule has 2 aromatic rings. The Balaban J connectivity index is 1.49. The van der Waals surface area contributed by atoms with Crippen molar-refractivity contribution in [2.45, 2.75) is 124 Å². The monoisotopic (exact) mass is 505 g/mol. The van der Waals surface area contributed by atoms with Crippen LogP contribution in [0.4, 0.5) is 0 Å². The smallest absolute Gasteiger partial charge is 0.147 e. The Morgan fingerprint density at radius 3 is 1.86 bits per heavy atom. The fourth-order valence-corrected chi connectivity index (χ4v) is 5.04. The van der Waals surface area contributed by atoms with Crippen LogP contribution in [0.3, 0.4) is 0 Å². The van der Waals surface area contributed by atoms with Crippen LogP contribution in [0.15, 0.2) is 46.8 Å². The van der Waals surface area contributed by atoms with E-state index in [0.29, 0.717) is 6.61 Å². The van der Waals surface area contributed by atoms with E-state index in [9.17, 15) is 0 Å². The molecule has 4 heteroatoms. The van der Waals surface area contributed by atoms with Gasteiger partial charge in [0.05, 0.1) is 18.0 Å². The van der Waals surface area contributed by atoms with Gasteiger partial charge in [-0.3, -0.25) is 0 Å². The predicted molar refractivity (Wildman–Crippen MR) is 159 cm³/mol. The Kier molecular flexibility index (Phi) is 13.4. The number of aromatic amines is 2. The second kappa shape index (κ2) is 17.1. The van der Waals surface area contributed by atoms with Gasteiger partial charge in [-0.25, -0.2) is 4.99 Å². The Hall–Kier alpha value is -2.49. The number of aryl methyl sites for hydroxylation is 2. The Bertz CT molecular complexity index is 991. The molecule has 4 nitrogen and oxygen atoms in total. The molecule has 0 unspecified atom stereocenters. The Labute approximate surface area is 226 Å². The highest BCUT2D eigenvalue weighted by atomic mass is 16.5. The number of unbranched alkanes of at least 4 members (excludes halogenated alkanes) is 12. The van der Waals surface area contributed by atoms with Gasteiger partial charge in [-0.05, 0) is 62.9 Å². The third kappa shape index (κ3) is 10.4. The molecule has 3 heterocycles. The van der Waals surface area contributed by atoms with E-state index in [0.717, 1.165) is 41.4 Å². The fraction of sp³-hybridized carbons (Fsp3) is 0.606. The van der Waals surface area contributed by atoms with Crippen LogP contribution >= 0.6 is 0 Å². The van der Waals surface area contributed by atoms with Gasteiger partial charge >= 0.3 is 0 Å². The van der Waals surface area contributed by atoms with Gasteiger partial charge in [-0.15, -0.1) is 0 Å². The van der Waals surface area contributed by atoms with E-state index in [2.05, 4.69) is 60.2 Å². The molecule has 0 aromatic carbocycles. The SMILES string of the molecule is CCCCCCCCCCCc1ccc(/C=C2\N=C(c3ccc(CCCCCCC)[nH]3)C=C2OCC)[nH]1. The minimum atomic E-state index is 0.633. The molecule has 204 valence electrons. The zero-order valence-corrected chi connectivity index (χ0v) is 23.8. The lowest BCUT2D eigenvalue weighted by Crippen LogP contribution is -1.96. The molecule has 3 rings (SSSR count). The van der Waals surface area contributed by atoms with Gasteiger partial charge in [-0.1, -0.05) is 90.9 Å². The molecule has 0 radical (unpaired) electrons. The molecule has 0 amide bonds. The van der Waals surface area contributed by atoms with Crippen LogP contribution in [-0.4, -0.2) is 22.3 Å². The molecule has 37 heavy (non-hydrogen) atoms. The third-order valence-electron chi connectivity index (χ3n) is 7.24. The van der Waals surface area contributed by atoms with Gasteiger partial charge in [0.1, 0.15) is 11.5 Å². The lowest BCUT2D eigenvalue weighted by molar-refractivity contribution is 0.239. The van der Waals surface area contributed by atoms with Crippen LogP contribution in [0.1, 0.15) is 133 Å². The Morgan fingerprint density at radius 2 is 1.24 bits per heavy atom. The maximum Gasteiger partial charge on any atom is 0.147 e. The maximum absolute atomic E-state index is 5.94. The lowest BCUT2D eigenvalue weighted by atomic mass is 10.1. The van der Waals surface area contributed by atoms with Crippen molar-refractivity contribution in [3.05, 3.63) is 64.6 Å². The van der Waals surface area contributed by atoms with Gasteiger partial charge in [0.25, 0.3) is 0 Å². The zero-order chi connectivity index (χ0) is 26.1. The van der Waals surface area contributed by atoms with Crippen molar-refractivity contribution in [3.8, 4) is 0 Å². The summed E-state index contributed by atoms with van der Waals surface area (Å²) in [6.45, 7) is 7.21. The molecule has 1 aliphatic rings. The van der Waals surface area contributed by atoms with Crippen molar-refractivity contribution in [2.75, 3.05) is 6.61 Å². The second-order valence-corrected chi connectivity index (χ2v) is 10.5. The van der Waals surface area contributed by atoms with Crippen molar-refractivity contribution in [1.82, 2.24) is 9.97 Å². The van der Waals surface area contributed by atoms with Gasteiger partial charge in [0.2, 0.25) is 0 Å². The summed E-state index contributed by atoms with van der Waals surface area (Å²) in [6.07, 6.45) is 25.2. The lowest BCUT2D eigenvalue weighted by Gasteiger charge is -2.04. The summed E-state index contributed by atoms with van der Waals surface area (Å²) < 4.78 is 5.94. The van der Waals surface area contributed by atoms with E-state index in [1.165, 1.54) is 101 Å². The van der Waals surface area contributed by atoms with E-state index < -0.39 is 0 Å². The summed E-state index contributed by atoms with van der Waals surface area (Å²) in [5.74, 6) is 0.850. The number of hydrogen-bond acceptors (Lipinski definition) is 2. The van der Waals surface area contributed by atoms with Crippen LogP contribution in [0.2, 0.25) is 0 Å². The number of aromatic nitrogens is 2. The molecule has 0 spiro atoms. The predicted octanol–water partition coefficient (Wildman–Crippen LogP) is 9.69.